The van der Waals surface area contributed by atoms with Crippen LogP contribution in [0.15, 0.2) is 36.4 Å². The minimum Gasteiger partial charge on any atom is -0.452 e. The molecule has 0 aromatic heterocycles. The zero-order chi connectivity index (χ0) is 17.2. The second-order valence-electron chi connectivity index (χ2n) is 4.66. The summed E-state index contributed by atoms with van der Waals surface area (Å²) in [5.74, 6) is -2.19. The second kappa shape index (κ2) is 9.34. The van der Waals surface area contributed by atoms with Gasteiger partial charge in [0.2, 0.25) is 5.91 Å². The van der Waals surface area contributed by atoms with Crippen LogP contribution in [0, 0.1) is 5.82 Å². The van der Waals surface area contributed by atoms with E-state index in [0.29, 0.717) is 12.1 Å². The molecule has 0 aliphatic heterocycles. The average Bonchev–Trinajstić information content (AvgIpc) is 2.52. The van der Waals surface area contributed by atoms with Crippen LogP contribution in [0.1, 0.15) is 19.8 Å². The van der Waals surface area contributed by atoms with Crippen molar-refractivity contribution in [1.82, 2.24) is 0 Å². The van der Waals surface area contributed by atoms with Gasteiger partial charge in [-0.15, -0.1) is 0 Å². The van der Waals surface area contributed by atoms with Crippen LogP contribution in [0.25, 0.3) is 0 Å². The molecule has 0 spiro atoms. The fourth-order valence-electron chi connectivity index (χ4n) is 1.71. The van der Waals surface area contributed by atoms with E-state index >= 15 is 0 Å². The molecular formula is C16H19FN2O4. The topological polar surface area (TPSA) is 89.7 Å². The van der Waals surface area contributed by atoms with E-state index in [2.05, 4.69) is 0 Å². The molecule has 0 heterocycles. The zero-order valence-electron chi connectivity index (χ0n) is 12.8. The molecule has 124 valence electrons. The van der Waals surface area contributed by atoms with Crippen molar-refractivity contribution in [2.45, 2.75) is 19.8 Å². The van der Waals surface area contributed by atoms with Crippen molar-refractivity contribution in [3.05, 3.63) is 42.2 Å². The number of rotatable bonds is 8. The lowest BCUT2D eigenvalue weighted by Crippen LogP contribution is -2.37. The van der Waals surface area contributed by atoms with Crippen molar-refractivity contribution < 1.29 is 23.5 Å². The first-order valence-electron chi connectivity index (χ1n) is 7.11. The summed E-state index contributed by atoms with van der Waals surface area (Å²) in [6, 6.07) is 5.17. The van der Waals surface area contributed by atoms with Gasteiger partial charge in [0, 0.05) is 24.7 Å². The quantitative estimate of drug-likeness (QED) is 0.581. The molecule has 0 radical (unpaired) electrons. The molecule has 0 fully saturated rings. The highest BCUT2D eigenvalue weighted by atomic mass is 19.1. The van der Waals surface area contributed by atoms with Crippen molar-refractivity contribution in [3.63, 3.8) is 0 Å². The molecule has 2 N–H and O–H groups in total. The molecule has 0 atom stereocenters. The Morgan fingerprint density at radius 2 is 1.91 bits per heavy atom. The smallest absolute Gasteiger partial charge is 0.330 e. The first-order valence-corrected chi connectivity index (χ1v) is 7.11. The minimum atomic E-state index is -0.630. The Balaban J connectivity index is 2.76. The number of benzene rings is 1. The van der Waals surface area contributed by atoms with Crippen molar-refractivity contribution in [3.8, 4) is 0 Å². The number of anilines is 1. The summed E-state index contributed by atoms with van der Waals surface area (Å²) in [6.07, 6.45) is 3.45. The fourth-order valence-corrected chi connectivity index (χ4v) is 1.71. The first-order chi connectivity index (χ1) is 10.9. The number of allylic oxidation sites excluding steroid dienone is 1. The number of hydrogen-bond donors (Lipinski definition) is 1. The van der Waals surface area contributed by atoms with Gasteiger partial charge in [-0.25, -0.2) is 9.18 Å². The van der Waals surface area contributed by atoms with Crippen molar-refractivity contribution in [2.75, 3.05) is 18.1 Å². The maximum atomic E-state index is 13.0. The van der Waals surface area contributed by atoms with Gasteiger partial charge in [-0.05, 0) is 30.7 Å². The number of carbonyl (C=O) groups is 3. The Kier molecular flexibility index (Phi) is 7.45. The third kappa shape index (κ3) is 6.73. The number of hydrogen-bond acceptors (Lipinski definition) is 4. The number of ether oxygens (including phenoxy) is 1. The van der Waals surface area contributed by atoms with Gasteiger partial charge in [-0.2, -0.15) is 0 Å². The highest BCUT2D eigenvalue weighted by Crippen LogP contribution is 2.15. The van der Waals surface area contributed by atoms with Gasteiger partial charge in [-0.1, -0.05) is 13.0 Å². The molecule has 2 amide bonds. The van der Waals surface area contributed by atoms with Gasteiger partial charge in [0.25, 0.3) is 5.91 Å². The summed E-state index contributed by atoms with van der Waals surface area (Å²) in [5, 5.41) is 0. The number of esters is 1. The van der Waals surface area contributed by atoms with Gasteiger partial charge in [-0.3, -0.25) is 9.59 Å². The normalized spacial score (nSPS) is 10.5. The van der Waals surface area contributed by atoms with E-state index < -0.39 is 30.2 Å². The Labute approximate surface area is 133 Å². The maximum Gasteiger partial charge on any atom is 0.330 e. The minimum absolute atomic E-state index is 0.0160. The highest BCUT2D eigenvalue weighted by Gasteiger charge is 2.18. The van der Waals surface area contributed by atoms with E-state index in [-0.39, 0.29) is 13.0 Å². The molecule has 1 rings (SSSR count). The van der Waals surface area contributed by atoms with Crippen LogP contribution in [-0.2, 0) is 19.1 Å². The number of nitrogens with zero attached hydrogens (tertiary/aromatic N) is 1. The Morgan fingerprint density at radius 3 is 2.48 bits per heavy atom. The van der Waals surface area contributed by atoms with Crippen LogP contribution < -0.4 is 10.6 Å². The molecular weight excluding hydrogens is 303 g/mol. The molecule has 0 unspecified atom stereocenters. The number of amides is 2. The largest absolute Gasteiger partial charge is 0.452 e. The molecule has 7 heteroatoms. The van der Waals surface area contributed by atoms with Crippen LogP contribution in [0.3, 0.4) is 0 Å². The molecule has 0 aliphatic carbocycles. The molecule has 1 aromatic carbocycles. The number of primary amides is 1. The van der Waals surface area contributed by atoms with E-state index in [4.69, 9.17) is 10.5 Å². The molecule has 0 bridgehead atoms. The van der Waals surface area contributed by atoms with E-state index in [0.717, 1.165) is 0 Å². The van der Waals surface area contributed by atoms with Crippen LogP contribution in [0.4, 0.5) is 10.1 Å². The van der Waals surface area contributed by atoms with Gasteiger partial charge in [0.1, 0.15) is 5.82 Å². The van der Waals surface area contributed by atoms with E-state index in [1.54, 1.807) is 6.08 Å². The van der Waals surface area contributed by atoms with Gasteiger partial charge < -0.3 is 15.4 Å². The van der Waals surface area contributed by atoms with Gasteiger partial charge >= 0.3 is 5.97 Å². The van der Waals surface area contributed by atoms with Crippen LogP contribution in [0.5, 0.6) is 0 Å². The van der Waals surface area contributed by atoms with Crippen molar-refractivity contribution in [1.29, 1.82) is 0 Å². The number of nitrogens with two attached hydrogens (primary N) is 1. The zero-order valence-corrected chi connectivity index (χ0v) is 12.8. The molecule has 1 aromatic rings. The lowest BCUT2D eigenvalue weighted by atomic mass is 10.2. The number of halogens is 1. The molecule has 23 heavy (non-hydrogen) atoms. The summed E-state index contributed by atoms with van der Waals surface area (Å²) in [5.41, 5.74) is 5.48. The third-order valence-corrected chi connectivity index (χ3v) is 2.85. The first kappa shape index (κ1) is 18.3. The number of carbonyl (C=O) groups excluding carboxylic acids is 3. The second-order valence-corrected chi connectivity index (χ2v) is 4.66. The predicted octanol–water partition coefficient (Wildman–Crippen LogP) is 1.54. The van der Waals surface area contributed by atoms with Gasteiger partial charge in [0.15, 0.2) is 6.61 Å². The summed E-state index contributed by atoms with van der Waals surface area (Å²) in [6.45, 7) is 1.39. The Hall–Kier alpha value is -2.70. The van der Waals surface area contributed by atoms with Crippen LogP contribution in [-0.4, -0.2) is 30.9 Å². The van der Waals surface area contributed by atoms with E-state index in [1.165, 1.54) is 35.2 Å². The summed E-state index contributed by atoms with van der Waals surface area (Å²) < 4.78 is 17.8. The molecule has 0 aliphatic rings. The summed E-state index contributed by atoms with van der Waals surface area (Å²) in [4.78, 5) is 35.7. The van der Waals surface area contributed by atoms with E-state index in [1.807, 2.05) is 6.92 Å². The highest BCUT2D eigenvalue weighted by molar-refractivity contribution is 5.96. The van der Waals surface area contributed by atoms with E-state index in [9.17, 15) is 18.8 Å². The lowest BCUT2D eigenvalue weighted by molar-refractivity contribution is -0.143. The van der Waals surface area contributed by atoms with Gasteiger partial charge in [0.05, 0.1) is 0 Å². The van der Waals surface area contributed by atoms with Crippen molar-refractivity contribution in [2.24, 2.45) is 5.73 Å². The van der Waals surface area contributed by atoms with Crippen LogP contribution >= 0.6 is 0 Å². The Bertz CT molecular complexity index is 584. The third-order valence-electron chi connectivity index (χ3n) is 2.85. The monoisotopic (exact) mass is 322 g/mol. The summed E-state index contributed by atoms with van der Waals surface area (Å²) >= 11 is 0. The SMILES string of the molecule is CC/C=C/C(=O)OCC(=O)N(CCC(N)=O)c1ccc(F)cc1. The maximum absolute atomic E-state index is 13.0. The Morgan fingerprint density at radius 1 is 1.26 bits per heavy atom. The van der Waals surface area contributed by atoms with Crippen molar-refractivity contribution >= 4 is 23.5 Å². The predicted molar refractivity (Wildman–Crippen MR) is 83.0 cm³/mol. The summed E-state index contributed by atoms with van der Waals surface area (Å²) in [7, 11) is 0. The molecule has 0 saturated heterocycles. The molecule has 6 nitrogen and oxygen atoms in total. The average molecular weight is 322 g/mol. The molecule has 0 saturated carbocycles. The lowest BCUT2D eigenvalue weighted by Gasteiger charge is -2.22. The fraction of sp³-hybridized carbons (Fsp3) is 0.312. The standard InChI is InChI=1S/C16H19FN2O4/c1-2-3-4-16(22)23-11-15(21)19(10-9-14(18)20)13-7-5-12(17)6-8-13/h3-8H,2,9-11H2,1H3,(H2,18,20)/b4-3+. The van der Waals surface area contributed by atoms with Crippen LogP contribution in [0.2, 0.25) is 0 Å².